The summed E-state index contributed by atoms with van der Waals surface area (Å²) in [7, 11) is 0. The van der Waals surface area contributed by atoms with Crippen LogP contribution in [0.5, 0.6) is 17.2 Å². The van der Waals surface area contributed by atoms with Gasteiger partial charge in [0.15, 0.2) is 17.3 Å². The van der Waals surface area contributed by atoms with Gasteiger partial charge in [0.1, 0.15) is 0 Å². The van der Waals surface area contributed by atoms with Gasteiger partial charge >= 0.3 is 0 Å². The Kier molecular flexibility index (Phi) is 6.04. The van der Waals surface area contributed by atoms with Crippen molar-refractivity contribution in [3.63, 3.8) is 0 Å². The van der Waals surface area contributed by atoms with Crippen LogP contribution in [0, 0.1) is 10.1 Å². The van der Waals surface area contributed by atoms with E-state index in [1.807, 2.05) is 0 Å². The second kappa shape index (κ2) is 7.76. The van der Waals surface area contributed by atoms with Gasteiger partial charge in [-0.05, 0) is 25.1 Å². The van der Waals surface area contributed by atoms with Gasteiger partial charge in [0.2, 0.25) is 5.75 Å². The topological polar surface area (TPSA) is 141 Å². The summed E-state index contributed by atoms with van der Waals surface area (Å²) < 4.78 is 0. The number of carbonyl (C=O) groups is 1. The molecule has 0 radical (unpaired) electrons. The molecule has 8 heteroatoms. The van der Waals surface area contributed by atoms with E-state index in [2.05, 4.69) is 0 Å². The van der Waals surface area contributed by atoms with Gasteiger partial charge in [-0.15, -0.1) is 0 Å². The first-order valence-corrected chi connectivity index (χ1v) is 6.37. The number of nitro benzene ring substituents is 1. The Balaban J connectivity index is 0.000000231. The van der Waals surface area contributed by atoms with Gasteiger partial charge in [-0.2, -0.15) is 0 Å². The highest BCUT2D eigenvalue weighted by atomic mass is 16.6. The van der Waals surface area contributed by atoms with Crippen molar-refractivity contribution in [2.45, 2.75) is 13.5 Å². The molecule has 0 aliphatic rings. The maximum atomic E-state index is 10.8. The third kappa shape index (κ3) is 4.42. The number of phenolic OH excluding ortho intramolecular Hbond substituents is 3. The van der Waals surface area contributed by atoms with Crippen LogP contribution in [0.15, 0.2) is 36.4 Å². The SMILES string of the molecule is CC(=O)c1ccc(O)c(O)c1O.O=[N+]([O-])c1ccccc1CO. The van der Waals surface area contributed by atoms with Gasteiger partial charge in [0.05, 0.1) is 22.7 Å². The molecule has 0 atom stereocenters. The fraction of sp³-hybridized carbons (Fsp3) is 0.133. The van der Waals surface area contributed by atoms with E-state index >= 15 is 0 Å². The second-order valence-electron chi connectivity index (χ2n) is 4.43. The highest BCUT2D eigenvalue weighted by Crippen LogP contribution is 2.36. The molecule has 0 amide bonds. The lowest BCUT2D eigenvalue weighted by atomic mass is 10.1. The van der Waals surface area contributed by atoms with Crippen LogP contribution >= 0.6 is 0 Å². The Bertz CT molecular complexity index is 728. The zero-order valence-corrected chi connectivity index (χ0v) is 12.1. The predicted octanol–water partition coefficient (Wildman–Crippen LogP) is 2.09. The Morgan fingerprint density at radius 3 is 2.17 bits per heavy atom. The maximum absolute atomic E-state index is 10.8. The van der Waals surface area contributed by atoms with Crippen LogP contribution in [-0.2, 0) is 6.61 Å². The van der Waals surface area contributed by atoms with Crippen molar-refractivity contribution in [1.29, 1.82) is 0 Å². The molecule has 0 saturated carbocycles. The van der Waals surface area contributed by atoms with Crippen molar-refractivity contribution in [3.05, 3.63) is 57.6 Å². The number of aliphatic hydroxyl groups excluding tert-OH is 1. The quantitative estimate of drug-likeness (QED) is 0.293. The monoisotopic (exact) mass is 321 g/mol. The van der Waals surface area contributed by atoms with Crippen LogP contribution < -0.4 is 0 Å². The average Bonchev–Trinajstić information content (AvgIpc) is 2.52. The summed E-state index contributed by atoms with van der Waals surface area (Å²) in [5.74, 6) is -2.06. The van der Waals surface area contributed by atoms with E-state index < -0.39 is 22.2 Å². The van der Waals surface area contributed by atoms with Gasteiger partial charge in [-0.3, -0.25) is 14.9 Å². The summed E-state index contributed by atoms with van der Waals surface area (Å²) in [6, 6.07) is 8.50. The maximum Gasteiger partial charge on any atom is 0.274 e. The summed E-state index contributed by atoms with van der Waals surface area (Å²) in [6.45, 7) is 0.961. The van der Waals surface area contributed by atoms with Crippen molar-refractivity contribution >= 4 is 11.5 Å². The number of benzene rings is 2. The Morgan fingerprint density at radius 1 is 1.09 bits per heavy atom. The van der Waals surface area contributed by atoms with E-state index in [4.69, 9.17) is 20.4 Å². The Morgan fingerprint density at radius 2 is 1.70 bits per heavy atom. The summed E-state index contributed by atoms with van der Waals surface area (Å²) in [6.07, 6.45) is 0. The van der Waals surface area contributed by atoms with E-state index in [0.29, 0.717) is 5.56 Å². The molecule has 2 aromatic rings. The predicted molar refractivity (Wildman–Crippen MR) is 80.5 cm³/mol. The van der Waals surface area contributed by atoms with Crippen LogP contribution in [0.4, 0.5) is 5.69 Å². The highest BCUT2D eigenvalue weighted by molar-refractivity contribution is 5.97. The zero-order chi connectivity index (χ0) is 17.6. The molecule has 0 fully saturated rings. The Labute approximate surface area is 131 Å². The number of hydrogen-bond acceptors (Lipinski definition) is 7. The lowest BCUT2D eigenvalue weighted by Crippen LogP contribution is -1.93. The van der Waals surface area contributed by atoms with Crippen LogP contribution in [0.3, 0.4) is 0 Å². The van der Waals surface area contributed by atoms with Crippen molar-refractivity contribution < 1.29 is 30.1 Å². The summed E-state index contributed by atoms with van der Waals surface area (Å²) >= 11 is 0. The molecule has 0 spiro atoms. The number of ketones is 1. The number of nitro groups is 1. The van der Waals surface area contributed by atoms with Crippen LogP contribution in [0.25, 0.3) is 0 Å². The molecule has 4 N–H and O–H groups in total. The number of aliphatic hydroxyl groups is 1. The van der Waals surface area contributed by atoms with E-state index in [1.165, 1.54) is 25.1 Å². The van der Waals surface area contributed by atoms with Gasteiger partial charge in [-0.25, -0.2) is 0 Å². The number of carbonyl (C=O) groups excluding carboxylic acids is 1. The smallest absolute Gasteiger partial charge is 0.274 e. The van der Waals surface area contributed by atoms with Gasteiger partial charge in [0.25, 0.3) is 5.69 Å². The molecule has 0 bridgehead atoms. The minimum atomic E-state index is -0.664. The lowest BCUT2D eigenvalue weighted by Gasteiger charge is -2.03. The van der Waals surface area contributed by atoms with Crippen molar-refractivity contribution in [2.75, 3.05) is 0 Å². The van der Waals surface area contributed by atoms with Gasteiger partial charge < -0.3 is 20.4 Å². The number of rotatable bonds is 3. The first-order chi connectivity index (χ1) is 10.8. The molecule has 0 unspecified atom stereocenters. The number of Topliss-reactive ketones (excluding diaryl/α,β-unsaturated/α-hetero) is 1. The van der Waals surface area contributed by atoms with E-state index in [-0.39, 0.29) is 23.6 Å². The van der Waals surface area contributed by atoms with E-state index in [1.54, 1.807) is 12.1 Å². The molecule has 0 aliphatic carbocycles. The number of hydrogen-bond donors (Lipinski definition) is 4. The second-order valence-corrected chi connectivity index (χ2v) is 4.43. The van der Waals surface area contributed by atoms with Gasteiger partial charge in [-0.1, -0.05) is 12.1 Å². The number of aromatic hydroxyl groups is 3. The minimum Gasteiger partial charge on any atom is -0.504 e. The van der Waals surface area contributed by atoms with E-state index in [9.17, 15) is 14.9 Å². The normalized spacial score (nSPS) is 9.65. The molecule has 0 saturated heterocycles. The fourth-order valence-electron chi connectivity index (χ4n) is 1.68. The zero-order valence-electron chi connectivity index (χ0n) is 12.1. The first kappa shape index (κ1) is 17.9. The largest absolute Gasteiger partial charge is 0.504 e. The van der Waals surface area contributed by atoms with Crippen LogP contribution in [0.2, 0.25) is 0 Å². The summed E-state index contributed by atoms with van der Waals surface area (Å²) in [4.78, 5) is 20.5. The molecule has 2 rings (SSSR count). The summed E-state index contributed by atoms with van der Waals surface area (Å²) in [5.41, 5.74) is 0.304. The van der Waals surface area contributed by atoms with Crippen molar-refractivity contribution in [3.8, 4) is 17.2 Å². The third-order valence-corrected chi connectivity index (χ3v) is 2.87. The average molecular weight is 321 g/mol. The molecule has 0 aliphatic heterocycles. The molecular weight excluding hydrogens is 306 g/mol. The third-order valence-electron chi connectivity index (χ3n) is 2.87. The standard InChI is InChI=1S/C8H8O4.C7H7NO3/c1-4(9)5-2-3-6(10)8(12)7(5)11;9-5-6-3-1-2-4-7(6)8(10)11/h2-3,10-12H,1H3;1-4,9H,5H2. The van der Waals surface area contributed by atoms with Crippen molar-refractivity contribution in [2.24, 2.45) is 0 Å². The van der Waals surface area contributed by atoms with Crippen LogP contribution in [0.1, 0.15) is 22.8 Å². The Hall–Kier alpha value is -3.13. The number of phenols is 3. The molecule has 122 valence electrons. The number of nitrogens with zero attached hydrogens (tertiary/aromatic N) is 1. The van der Waals surface area contributed by atoms with Crippen molar-refractivity contribution in [1.82, 2.24) is 0 Å². The van der Waals surface area contributed by atoms with Gasteiger partial charge in [0, 0.05) is 6.07 Å². The molecule has 0 aromatic heterocycles. The number of para-hydroxylation sites is 1. The minimum absolute atomic E-state index is 0.00898. The van der Waals surface area contributed by atoms with E-state index in [0.717, 1.165) is 6.07 Å². The lowest BCUT2D eigenvalue weighted by molar-refractivity contribution is -0.385. The highest BCUT2D eigenvalue weighted by Gasteiger charge is 2.13. The summed E-state index contributed by atoms with van der Waals surface area (Å²) in [5, 5.41) is 45.9. The molecule has 8 nitrogen and oxygen atoms in total. The molecular formula is C15H15NO7. The molecule has 0 heterocycles. The van der Waals surface area contributed by atoms with Crippen LogP contribution in [-0.4, -0.2) is 31.1 Å². The fourth-order valence-corrected chi connectivity index (χ4v) is 1.68. The molecule has 23 heavy (non-hydrogen) atoms. The first-order valence-electron chi connectivity index (χ1n) is 6.37. The molecule has 2 aromatic carbocycles.